The molecule has 17 heavy (non-hydrogen) atoms. The number of hydrogen-bond acceptors (Lipinski definition) is 5. The molecule has 1 amide bonds. The second kappa shape index (κ2) is 5.02. The van der Waals surface area contributed by atoms with Gasteiger partial charge in [0.05, 0.1) is 17.9 Å². The predicted molar refractivity (Wildman–Crippen MR) is 62.3 cm³/mol. The lowest BCUT2D eigenvalue weighted by molar-refractivity contribution is -0.133. The molecule has 0 saturated carbocycles. The maximum absolute atomic E-state index is 12.0. The Kier molecular flexibility index (Phi) is 4.11. The number of amides is 1. The van der Waals surface area contributed by atoms with E-state index in [-0.39, 0.29) is 11.7 Å². The summed E-state index contributed by atoms with van der Waals surface area (Å²) in [5, 5.41) is 8.85. The average molecular weight is 259 g/mol. The molecule has 1 fully saturated rings. The number of carbonyl (C=O) groups excluding carboxylic acids is 1. The molecule has 0 aromatic rings. The first kappa shape index (κ1) is 13.9. The van der Waals surface area contributed by atoms with E-state index < -0.39 is 33.7 Å². The lowest BCUT2D eigenvalue weighted by atomic mass is 9.99. The van der Waals surface area contributed by atoms with Crippen LogP contribution in [0.4, 0.5) is 0 Å². The van der Waals surface area contributed by atoms with Crippen LogP contribution in [-0.4, -0.2) is 42.9 Å². The van der Waals surface area contributed by atoms with E-state index in [1.165, 1.54) is 0 Å². The quantitative estimate of drug-likeness (QED) is 0.733. The Hall–Kier alpha value is -1.13. The Morgan fingerprint density at radius 3 is 2.71 bits per heavy atom. The first-order chi connectivity index (χ1) is 7.82. The van der Waals surface area contributed by atoms with E-state index in [0.29, 0.717) is 0 Å². The van der Waals surface area contributed by atoms with Crippen molar-refractivity contribution < 1.29 is 13.2 Å². The van der Waals surface area contributed by atoms with Crippen molar-refractivity contribution >= 4 is 15.7 Å². The van der Waals surface area contributed by atoms with Gasteiger partial charge in [0.2, 0.25) is 5.91 Å². The summed E-state index contributed by atoms with van der Waals surface area (Å²) in [6.07, 6.45) is 0.727. The van der Waals surface area contributed by atoms with Crippen LogP contribution in [0.1, 0.15) is 20.3 Å². The minimum absolute atomic E-state index is 0.0369. The van der Waals surface area contributed by atoms with Gasteiger partial charge in [-0.3, -0.25) is 4.79 Å². The maximum atomic E-state index is 12.0. The van der Waals surface area contributed by atoms with Gasteiger partial charge in [-0.25, -0.2) is 8.42 Å². The van der Waals surface area contributed by atoms with Gasteiger partial charge in [0.1, 0.15) is 11.9 Å². The molecule has 2 N–H and O–H groups in total. The Bertz CT molecular complexity index is 440. The molecule has 0 spiro atoms. The highest BCUT2D eigenvalue weighted by Crippen LogP contribution is 2.18. The number of nitriles is 1. The number of rotatable bonds is 3. The van der Waals surface area contributed by atoms with Gasteiger partial charge in [-0.1, -0.05) is 20.3 Å². The molecule has 0 unspecified atom stereocenters. The van der Waals surface area contributed by atoms with Crippen LogP contribution in [0.25, 0.3) is 0 Å². The number of hydrogen-bond donors (Lipinski definition) is 1. The van der Waals surface area contributed by atoms with Crippen molar-refractivity contribution in [3.8, 4) is 6.07 Å². The Labute approximate surface area is 101 Å². The highest BCUT2D eigenvalue weighted by atomic mass is 32.2. The van der Waals surface area contributed by atoms with Crippen LogP contribution in [0.5, 0.6) is 0 Å². The van der Waals surface area contributed by atoms with E-state index in [4.69, 9.17) is 11.0 Å². The molecule has 96 valence electrons. The molecule has 1 heterocycles. The molecule has 3 atom stereocenters. The number of sulfone groups is 1. The molecule has 1 rings (SSSR count). The van der Waals surface area contributed by atoms with Crippen LogP contribution in [0.3, 0.4) is 0 Å². The summed E-state index contributed by atoms with van der Waals surface area (Å²) in [6.45, 7) is 3.73. The smallest absolute Gasteiger partial charge is 0.241 e. The molecule has 0 aliphatic carbocycles. The van der Waals surface area contributed by atoms with Gasteiger partial charge < -0.3 is 10.6 Å². The van der Waals surface area contributed by atoms with Gasteiger partial charge in [0, 0.05) is 0 Å². The van der Waals surface area contributed by atoms with Crippen LogP contribution in [-0.2, 0) is 14.6 Å². The summed E-state index contributed by atoms with van der Waals surface area (Å²) in [6, 6.07) is 0.186. The molecule has 1 aliphatic heterocycles. The van der Waals surface area contributed by atoms with Gasteiger partial charge in [0.15, 0.2) is 9.84 Å². The maximum Gasteiger partial charge on any atom is 0.241 e. The third-order valence-corrected chi connectivity index (χ3v) is 4.59. The number of carbonyl (C=O) groups is 1. The number of nitrogens with two attached hydrogens (primary N) is 1. The van der Waals surface area contributed by atoms with Crippen LogP contribution in [0.15, 0.2) is 0 Å². The summed E-state index contributed by atoms with van der Waals surface area (Å²) >= 11 is 0. The third-order valence-electron chi connectivity index (χ3n) is 3.10. The number of nitrogens with zero attached hydrogens (tertiary/aromatic N) is 2. The van der Waals surface area contributed by atoms with Gasteiger partial charge in [0.25, 0.3) is 0 Å². The van der Waals surface area contributed by atoms with Gasteiger partial charge in [-0.2, -0.15) is 5.26 Å². The van der Waals surface area contributed by atoms with E-state index in [1.54, 1.807) is 0 Å². The predicted octanol–water partition coefficient (Wildman–Crippen LogP) is -0.534. The summed E-state index contributed by atoms with van der Waals surface area (Å²) < 4.78 is 22.8. The van der Waals surface area contributed by atoms with Crippen LogP contribution < -0.4 is 5.73 Å². The largest absolute Gasteiger partial charge is 0.320 e. The zero-order chi connectivity index (χ0) is 13.2. The third kappa shape index (κ3) is 2.96. The standard InChI is InChI=1S/C10H17N3O3S/c1-3-7(2)9(12)10(14)13-6-17(15,16)5-8(13)4-11/h7-9H,3,5-6,12H2,1-2H3/t7-,8+,9-/m0/s1. The van der Waals surface area contributed by atoms with Crippen molar-refractivity contribution in [2.24, 2.45) is 11.7 Å². The van der Waals surface area contributed by atoms with Crippen molar-refractivity contribution in [1.29, 1.82) is 5.26 Å². The zero-order valence-corrected chi connectivity index (χ0v) is 10.8. The Morgan fingerprint density at radius 2 is 2.24 bits per heavy atom. The second-order valence-corrected chi connectivity index (χ2v) is 6.48. The van der Waals surface area contributed by atoms with Crippen LogP contribution in [0, 0.1) is 17.2 Å². The molecular weight excluding hydrogens is 242 g/mol. The van der Waals surface area contributed by atoms with Crippen molar-refractivity contribution in [3.63, 3.8) is 0 Å². The minimum Gasteiger partial charge on any atom is -0.320 e. The molecular formula is C10H17N3O3S. The topological polar surface area (TPSA) is 104 Å². The first-order valence-electron chi connectivity index (χ1n) is 5.48. The van der Waals surface area contributed by atoms with Crippen LogP contribution >= 0.6 is 0 Å². The fourth-order valence-corrected chi connectivity index (χ4v) is 3.27. The Morgan fingerprint density at radius 1 is 1.65 bits per heavy atom. The molecule has 1 saturated heterocycles. The summed E-state index contributed by atoms with van der Waals surface area (Å²) in [5.41, 5.74) is 5.76. The lowest BCUT2D eigenvalue weighted by Crippen LogP contribution is -2.49. The fraction of sp³-hybridized carbons (Fsp3) is 0.800. The van der Waals surface area contributed by atoms with Gasteiger partial charge >= 0.3 is 0 Å². The van der Waals surface area contributed by atoms with E-state index in [0.717, 1.165) is 11.3 Å². The van der Waals surface area contributed by atoms with Crippen molar-refractivity contribution in [2.75, 3.05) is 11.6 Å². The Balaban J connectivity index is 2.86. The summed E-state index contributed by atoms with van der Waals surface area (Å²) in [4.78, 5) is 13.1. The van der Waals surface area contributed by atoms with Crippen molar-refractivity contribution in [1.82, 2.24) is 4.90 Å². The SMILES string of the molecule is CC[C@H](C)[C@H](N)C(=O)N1CS(=O)(=O)C[C@H]1C#N. The molecule has 7 heteroatoms. The van der Waals surface area contributed by atoms with E-state index in [2.05, 4.69) is 0 Å². The van der Waals surface area contributed by atoms with Gasteiger partial charge in [-0.05, 0) is 5.92 Å². The fourth-order valence-electron chi connectivity index (χ4n) is 1.70. The van der Waals surface area contributed by atoms with Crippen LogP contribution in [0.2, 0.25) is 0 Å². The lowest BCUT2D eigenvalue weighted by Gasteiger charge is -2.25. The van der Waals surface area contributed by atoms with Crippen molar-refractivity contribution in [3.05, 3.63) is 0 Å². The van der Waals surface area contributed by atoms with E-state index >= 15 is 0 Å². The molecule has 1 aliphatic rings. The monoisotopic (exact) mass is 259 g/mol. The zero-order valence-electron chi connectivity index (χ0n) is 9.96. The normalized spacial score (nSPS) is 26.2. The molecule has 0 aromatic heterocycles. The summed E-state index contributed by atoms with van der Waals surface area (Å²) in [5.74, 6) is -1.17. The van der Waals surface area contributed by atoms with E-state index in [9.17, 15) is 13.2 Å². The minimum atomic E-state index is -3.34. The molecule has 0 bridgehead atoms. The van der Waals surface area contributed by atoms with Crippen molar-refractivity contribution in [2.45, 2.75) is 32.4 Å². The second-order valence-electron chi connectivity index (χ2n) is 4.40. The summed E-state index contributed by atoms with van der Waals surface area (Å²) in [7, 11) is -3.34. The molecule has 0 radical (unpaired) electrons. The van der Waals surface area contributed by atoms with E-state index in [1.807, 2.05) is 19.9 Å². The highest BCUT2D eigenvalue weighted by molar-refractivity contribution is 7.91. The highest BCUT2D eigenvalue weighted by Gasteiger charge is 2.40. The average Bonchev–Trinajstić information content (AvgIpc) is 2.61. The molecule has 6 nitrogen and oxygen atoms in total. The van der Waals surface area contributed by atoms with Gasteiger partial charge in [-0.15, -0.1) is 0 Å². The first-order valence-corrected chi connectivity index (χ1v) is 7.30. The molecule has 0 aromatic carbocycles.